The fraction of sp³-hybridized carbons (Fsp3) is 0.943. The largest absolute Gasteiger partial charge is 0.472 e. The third-order valence-electron chi connectivity index (χ3n) is 16.4. The molecular weight excluding hydrogens is 1170 g/mol. The molecule has 0 aromatic heterocycles. The summed E-state index contributed by atoms with van der Waals surface area (Å²) in [5, 5.41) is 10.6. The second-order valence-electron chi connectivity index (χ2n) is 25.3. The maximum absolute atomic E-state index is 13.0. The number of aliphatic hydroxyl groups is 1. The molecule has 0 fully saturated rings. The standard InChI is InChI=1S/C70H136O17P2/c1-5-9-13-17-21-25-28-30-32-34-36-40-43-47-51-55-68(73)81-61-66(87-70(75)57-53-49-45-41-37-35-33-31-29-26-22-18-14-10-6-2)63-85-89(78,79)83-59-64(71)58-82-88(76,77)84-62-65(60-80-67(72)54-50-46-42-38-24-20-16-12-8-4)86-69(74)56-52-48-44-39-27-23-19-15-11-7-3/h64-66,71H,5-63H2,1-4H3,(H,76,77)(H,78,79)/t64-,65+,66+/m0/s1. The number of ether oxygens (including phenoxy) is 4. The highest BCUT2D eigenvalue weighted by atomic mass is 31.2. The van der Waals surface area contributed by atoms with E-state index in [-0.39, 0.29) is 25.7 Å². The van der Waals surface area contributed by atoms with Crippen molar-refractivity contribution in [1.82, 2.24) is 0 Å². The van der Waals surface area contributed by atoms with Crippen molar-refractivity contribution in [3.05, 3.63) is 0 Å². The molecule has 2 unspecified atom stereocenters. The maximum atomic E-state index is 13.0. The van der Waals surface area contributed by atoms with Crippen LogP contribution in [-0.2, 0) is 65.4 Å². The molecule has 19 heteroatoms. The molecule has 17 nitrogen and oxygen atoms in total. The van der Waals surface area contributed by atoms with Crippen LogP contribution in [0.1, 0.15) is 368 Å². The summed E-state index contributed by atoms with van der Waals surface area (Å²) in [5.41, 5.74) is 0. The first-order chi connectivity index (χ1) is 43.2. The SMILES string of the molecule is CCCCCCCCCCCCCCCCCC(=O)OC[C@H](COP(=O)(O)OC[C@@H](O)COP(=O)(O)OC[C@@H](COC(=O)CCCCCCCCCCC)OC(=O)CCCCCCCCCCCC)OC(=O)CCCCCCCCCCCCCCCCC. The van der Waals surface area contributed by atoms with Crippen molar-refractivity contribution < 1.29 is 80.2 Å². The summed E-state index contributed by atoms with van der Waals surface area (Å²) in [5.74, 6) is -2.12. The van der Waals surface area contributed by atoms with Gasteiger partial charge in [0.2, 0.25) is 0 Å². The van der Waals surface area contributed by atoms with Gasteiger partial charge in [0.05, 0.1) is 26.4 Å². The molecule has 0 radical (unpaired) electrons. The molecule has 0 aliphatic carbocycles. The predicted octanol–water partition coefficient (Wildman–Crippen LogP) is 20.3. The van der Waals surface area contributed by atoms with E-state index in [4.69, 9.17) is 37.0 Å². The van der Waals surface area contributed by atoms with Crippen molar-refractivity contribution in [3.63, 3.8) is 0 Å². The molecule has 0 amide bonds. The van der Waals surface area contributed by atoms with E-state index in [0.29, 0.717) is 25.7 Å². The third-order valence-corrected chi connectivity index (χ3v) is 18.3. The average molecular weight is 1310 g/mol. The second-order valence-corrected chi connectivity index (χ2v) is 28.2. The summed E-state index contributed by atoms with van der Waals surface area (Å²) in [7, 11) is -9.89. The van der Waals surface area contributed by atoms with Gasteiger partial charge in [-0.2, -0.15) is 0 Å². The van der Waals surface area contributed by atoms with Gasteiger partial charge in [0.15, 0.2) is 12.2 Å². The Morgan fingerprint density at radius 3 is 0.663 bits per heavy atom. The zero-order chi connectivity index (χ0) is 65.4. The van der Waals surface area contributed by atoms with E-state index < -0.39 is 97.5 Å². The molecule has 5 atom stereocenters. The van der Waals surface area contributed by atoms with Crippen molar-refractivity contribution in [2.24, 2.45) is 0 Å². The smallest absolute Gasteiger partial charge is 0.462 e. The molecule has 0 aromatic carbocycles. The molecule has 0 spiro atoms. The van der Waals surface area contributed by atoms with Crippen LogP contribution < -0.4 is 0 Å². The first kappa shape index (κ1) is 87.1. The lowest BCUT2D eigenvalue weighted by Gasteiger charge is -2.21. The molecular formula is C70H136O17P2. The van der Waals surface area contributed by atoms with Gasteiger partial charge in [-0.3, -0.25) is 37.3 Å². The molecule has 0 saturated carbocycles. The van der Waals surface area contributed by atoms with E-state index in [0.717, 1.165) is 89.9 Å². The summed E-state index contributed by atoms with van der Waals surface area (Å²) in [6, 6.07) is 0. The van der Waals surface area contributed by atoms with Crippen LogP contribution in [0.2, 0.25) is 0 Å². The Labute approximate surface area is 543 Å². The number of esters is 4. The van der Waals surface area contributed by atoms with Crippen LogP contribution in [0, 0.1) is 0 Å². The Morgan fingerprint density at radius 2 is 0.449 bits per heavy atom. The van der Waals surface area contributed by atoms with Gasteiger partial charge in [-0.25, -0.2) is 9.13 Å². The summed E-state index contributed by atoms with van der Waals surface area (Å²) < 4.78 is 68.2. The van der Waals surface area contributed by atoms with E-state index in [1.165, 1.54) is 199 Å². The molecule has 528 valence electrons. The quantitative estimate of drug-likeness (QED) is 0.0222. The molecule has 0 aliphatic rings. The van der Waals surface area contributed by atoms with Gasteiger partial charge in [0, 0.05) is 25.7 Å². The zero-order valence-corrected chi connectivity index (χ0v) is 59.2. The van der Waals surface area contributed by atoms with Crippen LogP contribution in [-0.4, -0.2) is 96.7 Å². The minimum absolute atomic E-state index is 0.107. The topological polar surface area (TPSA) is 237 Å². The number of aliphatic hydroxyl groups excluding tert-OH is 1. The lowest BCUT2D eigenvalue weighted by atomic mass is 10.0. The van der Waals surface area contributed by atoms with Crippen LogP contribution >= 0.6 is 15.6 Å². The van der Waals surface area contributed by atoms with Crippen LogP contribution in [0.3, 0.4) is 0 Å². The van der Waals surface area contributed by atoms with Gasteiger partial charge >= 0.3 is 39.5 Å². The van der Waals surface area contributed by atoms with Gasteiger partial charge in [-0.15, -0.1) is 0 Å². The fourth-order valence-corrected chi connectivity index (χ4v) is 12.3. The van der Waals surface area contributed by atoms with Crippen LogP contribution in [0.5, 0.6) is 0 Å². The first-order valence-electron chi connectivity index (χ1n) is 36.8. The summed E-state index contributed by atoms with van der Waals surface area (Å²) >= 11 is 0. The number of rotatable bonds is 71. The Balaban J connectivity index is 5.22. The highest BCUT2D eigenvalue weighted by Crippen LogP contribution is 2.45. The van der Waals surface area contributed by atoms with Crippen LogP contribution in [0.15, 0.2) is 0 Å². The second kappa shape index (κ2) is 64.8. The first-order valence-corrected chi connectivity index (χ1v) is 39.8. The Bertz CT molecular complexity index is 1710. The molecule has 0 aliphatic heterocycles. The Morgan fingerprint density at radius 1 is 0.270 bits per heavy atom. The Kier molecular flexibility index (Phi) is 63.3. The van der Waals surface area contributed by atoms with Crippen molar-refractivity contribution in [3.8, 4) is 0 Å². The number of phosphoric ester groups is 2. The lowest BCUT2D eigenvalue weighted by Crippen LogP contribution is -2.30. The summed E-state index contributed by atoms with van der Waals surface area (Å²) in [6.45, 7) is 4.93. The van der Waals surface area contributed by atoms with Gasteiger partial charge in [0.1, 0.15) is 19.3 Å². The number of hydrogen-bond donors (Lipinski definition) is 3. The van der Waals surface area contributed by atoms with Gasteiger partial charge in [0.25, 0.3) is 0 Å². The van der Waals surface area contributed by atoms with E-state index in [9.17, 15) is 43.2 Å². The molecule has 0 heterocycles. The number of unbranched alkanes of at least 4 members (excludes halogenated alkanes) is 45. The van der Waals surface area contributed by atoms with Gasteiger partial charge in [-0.05, 0) is 25.7 Å². The molecule has 0 saturated heterocycles. The normalized spacial score (nSPS) is 14.0. The van der Waals surface area contributed by atoms with Crippen molar-refractivity contribution in [2.75, 3.05) is 39.6 Å². The summed E-state index contributed by atoms with van der Waals surface area (Å²) in [6.07, 6.45) is 52.6. The predicted molar refractivity (Wildman–Crippen MR) is 359 cm³/mol. The average Bonchev–Trinajstić information content (AvgIpc) is 3.73. The Hall–Kier alpha value is -1.94. The fourth-order valence-electron chi connectivity index (χ4n) is 10.7. The third kappa shape index (κ3) is 64.6. The van der Waals surface area contributed by atoms with E-state index in [1.54, 1.807) is 0 Å². The summed E-state index contributed by atoms with van der Waals surface area (Å²) in [4.78, 5) is 72.5. The lowest BCUT2D eigenvalue weighted by molar-refractivity contribution is -0.161. The van der Waals surface area contributed by atoms with Crippen LogP contribution in [0.4, 0.5) is 0 Å². The van der Waals surface area contributed by atoms with Crippen LogP contribution in [0.25, 0.3) is 0 Å². The van der Waals surface area contributed by atoms with E-state index in [1.807, 2.05) is 0 Å². The van der Waals surface area contributed by atoms with E-state index in [2.05, 4.69) is 27.7 Å². The number of phosphoric acid groups is 2. The molecule has 0 aromatic rings. The minimum atomic E-state index is -4.95. The molecule has 0 rings (SSSR count). The van der Waals surface area contributed by atoms with E-state index >= 15 is 0 Å². The van der Waals surface area contributed by atoms with Crippen molar-refractivity contribution >= 4 is 39.5 Å². The number of carbonyl (C=O) groups is 4. The van der Waals surface area contributed by atoms with Gasteiger partial charge in [-0.1, -0.05) is 317 Å². The number of carbonyl (C=O) groups excluding carboxylic acids is 4. The van der Waals surface area contributed by atoms with Crippen molar-refractivity contribution in [2.45, 2.75) is 386 Å². The highest BCUT2D eigenvalue weighted by Gasteiger charge is 2.30. The maximum Gasteiger partial charge on any atom is 0.472 e. The van der Waals surface area contributed by atoms with Crippen molar-refractivity contribution in [1.29, 1.82) is 0 Å². The molecule has 3 N–H and O–H groups in total. The monoisotopic (exact) mass is 1310 g/mol. The zero-order valence-electron chi connectivity index (χ0n) is 57.4. The van der Waals surface area contributed by atoms with Gasteiger partial charge < -0.3 is 33.8 Å². The molecule has 89 heavy (non-hydrogen) atoms. The molecule has 0 bridgehead atoms. The minimum Gasteiger partial charge on any atom is -0.462 e. The highest BCUT2D eigenvalue weighted by molar-refractivity contribution is 7.47. The number of hydrogen-bond acceptors (Lipinski definition) is 15.